The van der Waals surface area contributed by atoms with Gasteiger partial charge in [0.1, 0.15) is 5.75 Å². The van der Waals surface area contributed by atoms with E-state index in [9.17, 15) is 4.79 Å². The van der Waals surface area contributed by atoms with Gasteiger partial charge in [0, 0.05) is 31.1 Å². The number of unbranched alkanes of at least 4 members (excludes halogenated alkanes) is 1. The van der Waals surface area contributed by atoms with Gasteiger partial charge in [-0.1, -0.05) is 35.9 Å². The molecule has 2 aliphatic heterocycles. The summed E-state index contributed by atoms with van der Waals surface area (Å²) in [6.45, 7) is 2.15. The molecule has 140 valence electrons. The highest BCUT2D eigenvalue weighted by atomic mass is 16.5. The molecule has 2 aliphatic rings. The van der Waals surface area contributed by atoms with Crippen LogP contribution in [-0.4, -0.2) is 44.2 Å². The third-order valence-electron chi connectivity index (χ3n) is 5.46. The highest BCUT2D eigenvalue weighted by Gasteiger charge is 2.28. The maximum atomic E-state index is 11.2. The lowest BCUT2D eigenvalue weighted by atomic mass is 9.86. The number of piperidine rings is 1. The monoisotopic (exact) mass is 355 g/mol. The smallest absolute Gasteiger partial charge is 0.305 e. The van der Waals surface area contributed by atoms with Crippen molar-refractivity contribution >= 4 is 11.5 Å². The number of methoxy groups -OCH3 is 2. The summed E-state index contributed by atoms with van der Waals surface area (Å²) in [4.78, 5) is 13.8. The van der Waals surface area contributed by atoms with Crippen LogP contribution in [0.3, 0.4) is 0 Å². The average Bonchev–Trinajstić information content (AvgIpc) is 2.70. The number of hydrogen-bond donors (Lipinski definition) is 0. The van der Waals surface area contributed by atoms with Crippen molar-refractivity contribution in [1.29, 1.82) is 0 Å². The predicted molar refractivity (Wildman–Crippen MR) is 104 cm³/mol. The van der Waals surface area contributed by atoms with Crippen LogP contribution in [0.25, 0.3) is 5.57 Å². The molecule has 0 aliphatic carbocycles. The number of ether oxygens (including phenoxy) is 2. The van der Waals surface area contributed by atoms with Crippen molar-refractivity contribution in [1.82, 2.24) is 4.90 Å². The van der Waals surface area contributed by atoms with Gasteiger partial charge in [-0.05, 0) is 43.7 Å². The van der Waals surface area contributed by atoms with Crippen LogP contribution in [0.15, 0.2) is 42.0 Å². The Kier molecular flexibility index (Phi) is 6.51. The van der Waals surface area contributed by atoms with Gasteiger partial charge in [0.15, 0.2) is 0 Å². The van der Waals surface area contributed by atoms with Crippen molar-refractivity contribution in [3.63, 3.8) is 0 Å². The Morgan fingerprint density at radius 3 is 2.92 bits per heavy atom. The van der Waals surface area contributed by atoms with Gasteiger partial charge in [0.25, 0.3) is 0 Å². The number of nitrogens with zero attached hydrogens (tertiary/aromatic N) is 1. The second kappa shape index (κ2) is 9.04. The molecule has 1 unspecified atom stereocenters. The minimum absolute atomic E-state index is 0.114. The van der Waals surface area contributed by atoms with Crippen LogP contribution in [0.4, 0.5) is 0 Å². The molecule has 0 spiro atoms. The summed E-state index contributed by atoms with van der Waals surface area (Å²) in [6.07, 6.45) is 10.4. The van der Waals surface area contributed by atoms with Crippen molar-refractivity contribution in [2.75, 3.05) is 27.3 Å². The highest BCUT2D eigenvalue weighted by molar-refractivity contribution is 5.72. The normalized spacial score (nSPS) is 21.8. The molecule has 1 saturated heterocycles. The van der Waals surface area contributed by atoms with E-state index in [1.807, 2.05) is 12.1 Å². The first-order valence-electron chi connectivity index (χ1n) is 9.52. The van der Waals surface area contributed by atoms with Gasteiger partial charge in [-0.2, -0.15) is 0 Å². The molecular formula is C22H29NO3. The Morgan fingerprint density at radius 2 is 2.12 bits per heavy atom. The average molecular weight is 355 g/mol. The quantitative estimate of drug-likeness (QED) is 0.435. The number of fused-ring (bicyclic) bond motifs is 1. The Morgan fingerprint density at radius 1 is 1.27 bits per heavy atom. The molecule has 0 N–H and O–H groups in total. The second-order valence-corrected chi connectivity index (χ2v) is 7.07. The summed E-state index contributed by atoms with van der Waals surface area (Å²) < 4.78 is 10.2. The van der Waals surface area contributed by atoms with E-state index in [2.05, 4.69) is 29.2 Å². The van der Waals surface area contributed by atoms with Gasteiger partial charge in [-0.25, -0.2) is 0 Å². The van der Waals surface area contributed by atoms with E-state index in [4.69, 9.17) is 9.47 Å². The molecule has 2 heterocycles. The van der Waals surface area contributed by atoms with Crippen LogP contribution in [0, 0.1) is 0 Å². The molecule has 26 heavy (non-hydrogen) atoms. The summed E-state index contributed by atoms with van der Waals surface area (Å²) in [7, 11) is 3.19. The van der Waals surface area contributed by atoms with Crippen LogP contribution in [0.2, 0.25) is 0 Å². The molecule has 1 aromatic rings. The fourth-order valence-corrected chi connectivity index (χ4v) is 3.98. The molecule has 4 nitrogen and oxygen atoms in total. The lowest BCUT2D eigenvalue weighted by Gasteiger charge is -2.40. The molecule has 1 fully saturated rings. The maximum Gasteiger partial charge on any atom is 0.305 e. The minimum atomic E-state index is -0.114. The first kappa shape index (κ1) is 18.7. The maximum absolute atomic E-state index is 11.2. The zero-order valence-electron chi connectivity index (χ0n) is 15.9. The van der Waals surface area contributed by atoms with E-state index in [1.165, 1.54) is 23.8 Å². The van der Waals surface area contributed by atoms with Crippen molar-refractivity contribution in [3.8, 4) is 5.75 Å². The molecule has 3 rings (SSSR count). The lowest BCUT2D eigenvalue weighted by Crippen LogP contribution is -2.42. The Balaban J connectivity index is 1.60. The number of carbonyl (C=O) groups excluding carboxylic acids is 1. The SMILES string of the molecule is COC(=O)CCC/C=C1/CCN2CC=C(c3ccccc3OC)CC2C1. The molecule has 0 amide bonds. The van der Waals surface area contributed by atoms with E-state index in [0.717, 1.165) is 50.9 Å². The number of hydrogen-bond acceptors (Lipinski definition) is 4. The molecule has 0 saturated carbocycles. The van der Waals surface area contributed by atoms with Crippen molar-refractivity contribution in [2.45, 2.75) is 44.6 Å². The van der Waals surface area contributed by atoms with Gasteiger partial charge >= 0.3 is 5.97 Å². The summed E-state index contributed by atoms with van der Waals surface area (Å²) >= 11 is 0. The molecule has 1 atom stereocenters. The highest BCUT2D eigenvalue weighted by Crippen LogP contribution is 2.36. The van der Waals surface area contributed by atoms with Crippen molar-refractivity contribution in [2.24, 2.45) is 0 Å². The first-order chi connectivity index (χ1) is 12.7. The molecule has 4 heteroatoms. The number of benzene rings is 1. The van der Waals surface area contributed by atoms with Crippen molar-refractivity contribution in [3.05, 3.63) is 47.6 Å². The number of allylic oxidation sites excluding steroid dienone is 1. The minimum Gasteiger partial charge on any atom is -0.496 e. The standard InChI is InChI=1S/C22H29NO3/c1-25-21-9-5-4-8-20(21)18-12-14-23-13-11-17(15-19(23)16-18)7-3-6-10-22(24)26-2/h4-5,7-9,12,19H,3,6,10-11,13-16H2,1-2H3/b17-7-. The number of carbonyl (C=O) groups is 1. The first-order valence-corrected chi connectivity index (χ1v) is 9.52. The number of esters is 1. The van der Waals surface area contributed by atoms with Crippen LogP contribution in [0.1, 0.15) is 44.1 Å². The summed E-state index contributed by atoms with van der Waals surface area (Å²) in [5.41, 5.74) is 4.16. The Hall–Kier alpha value is -2.07. The largest absolute Gasteiger partial charge is 0.496 e. The van der Waals surface area contributed by atoms with Gasteiger partial charge in [-0.3, -0.25) is 9.69 Å². The van der Waals surface area contributed by atoms with E-state index < -0.39 is 0 Å². The molecule has 0 radical (unpaired) electrons. The molecule has 1 aromatic carbocycles. The lowest BCUT2D eigenvalue weighted by molar-refractivity contribution is -0.140. The van der Waals surface area contributed by atoms with Gasteiger partial charge in [0.2, 0.25) is 0 Å². The fraction of sp³-hybridized carbons (Fsp3) is 0.500. The zero-order valence-corrected chi connectivity index (χ0v) is 15.9. The van der Waals surface area contributed by atoms with E-state index in [0.29, 0.717) is 12.5 Å². The van der Waals surface area contributed by atoms with Gasteiger partial charge < -0.3 is 9.47 Å². The Bertz CT molecular complexity index is 692. The topological polar surface area (TPSA) is 38.8 Å². The summed E-state index contributed by atoms with van der Waals surface area (Å²) in [5, 5.41) is 0. The predicted octanol–water partition coefficient (Wildman–Crippen LogP) is 4.22. The van der Waals surface area contributed by atoms with Crippen LogP contribution < -0.4 is 4.74 Å². The zero-order chi connectivity index (χ0) is 18.4. The Labute approximate surface area is 156 Å². The van der Waals surface area contributed by atoms with E-state index >= 15 is 0 Å². The molecule has 0 aromatic heterocycles. The molecular weight excluding hydrogens is 326 g/mol. The van der Waals surface area contributed by atoms with Gasteiger partial charge in [0.05, 0.1) is 14.2 Å². The number of rotatable bonds is 6. The summed E-state index contributed by atoms with van der Waals surface area (Å²) in [6, 6.07) is 8.87. The van der Waals surface area contributed by atoms with Gasteiger partial charge in [-0.15, -0.1) is 0 Å². The fourth-order valence-electron chi connectivity index (χ4n) is 3.98. The van der Waals surface area contributed by atoms with Crippen LogP contribution in [0.5, 0.6) is 5.75 Å². The third kappa shape index (κ3) is 4.55. The van der Waals surface area contributed by atoms with Crippen molar-refractivity contribution < 1.29 is 14.3 Å². The second-order valence-electron chi connectivity index (χ2n) is 7.07. The summed E-state index contributed by atoms with van der Waals surface area (Å²) in [5.74, 6) is 0.846. The number of para-hydroxylation sites is 1. The van der Waals surface area contributed by atoms with Crippen LogP contribution in [-0.2, 0) is 9.53 Å². The van der Waals surface area contributed by atoms with Crippen LogP contribution >= 0.6 is 0 Å². The van der Waals surface area contributed by atoms with E-state index in [-0.39, 0.29) is 5.97 Å². The van der Waals surface area contributed by atoms with E-state index in [1.54, 1.807) is 7.11 Å². The third-order valence-corrected chi connectivity index (χ3v) is 5.46. The molecule has 0 bridgehead atoms.